The summed E-state index contributed by atoms with van der Waals surface area (Å²) in [6.45, 7) is 1.87. The summed E-state index contributed by atoms with van der Waals surface area (Å²) >= 11 is 0. The average molecular weight is 341 g/mol. The number of halogens is 1. The predicted molar refractivity (Wildman–Crippen MR) is 86.1 cm³/mol. The van der Waals surface area contributed by atoms with Gasteiger partial charge in [0.1, 0.15) is 5.82 Å². The number of amides is 1. The van der Waals surface area contributed by atoms with E-state index in [0.29, 0.717) is 5.69 Å². The van der Waals surface area contributed by atoms with Crippen molar-refractivity contribution >= 4 is 27.3 Å². The van der Waals surface area contributed by atoms with Gasteiger partial charge in [-0.05, 0) is 56.0 Å². The first-order chi connectivity index (χ1) is 10.8. The third-order valence-electron chi connectivity index (χ3n) is 4.63. The Morgan fingerprint density at radius 2 is 2.04 bits per heavy atom. The number of carbonyl (C=O) groups excluding carboxylic acids is 1. The summed E-state index contributed by atoms with van der Waals surface area (Å²) in [4.78, 5) is 12.4. The highest BCUT2D eigenvalue weighted by molar-refractivity contribution is 7.92. The standard InChI is InChI=1S/C15H20FN3O3S/c1-23(21,22)19-13-8-10(2-3-12(13)16)18-14(20)11-9-15(11)4-6-17-7-5-15/h2-3,8,11,17,19H,4-7,9H2,1H3,(H,18,20). The summed E-state index contributed by atoms with van der Waals surface area (Å²) in [6, 6.07) is 3.86. The number of hydrogen-bond acceptors (Lipinski definition) is 4. The molecule has 8 heteroatoms. The van der Waals surface area contributed by atoms with E-state index in [9.17, 15) is 17.6 Å². The lowest BCUT2D eigenvalue weighted by Crippen LogP contribution is -2.31. The number of rotatable bonds is 4. The van der Waals surface area contributed by atoms with Crippen LogP contribution in [0.1, 0.15) is 19.3 Å². The van der Waals surface area contributed by atoms with Gasteiger partial charge in [-0.1, -0.05) is 0 Å². The zero-order valence-electron chi connectivity index (χ0n) is 12.9. The molecule has 0 radical (unpaired) electrons. The number of anilines is 2. The normalized spacial score (nSPS) is 22.6. The molecule has 1 aliphatic heterocycles. The van der Waals surface area contributed by atoms with E-state index in [1.165, 1.54) is 12.1 Å². The molecule has 1 aromatic carbocycles. The number of nitrogens with one attached hydrogen (secondary N) is 3. The van der Waals surface area contributed by atoms with Gasteiger partial charge in [-0.2, -0.15) is 0 Å². The molecule has 2 fully saturated rings. The smallest absolute Gasteiger partial charge is 0.229 e. The van der Waals surface area contributed by atoms with Gasteiger partial charge in [0.25, 0.3) is 0 Å². The minimum absolute atomic E-state index is 0.0130. The average Bonchev–Trinajstić information content (AvgIpc) is 3.15. The number of carbonyl (C=O) groups is 1. The fourth-order valence-corrected chi connectivity index (χ4v) is 3.86. The molecule has 23 heavy (non-hydrogen) atoms. The molecule has 1 saturated carbocycles. The number of sulfonamides is 1. The van der Waals surface area contributed by atoms with Crippen molar-refractivity contribution in [1.29, 1.82) is 0 Å². The molecule has 1 heterocycles. The highest BCUT2D eigenvalue weighted by Crippen LogP contribution is 2.58. The zero-order chi connectivity index (χ0) is 16.7. The molecule has 0 bridgehead atoms. The zero-order valence-corrected chi connectivity index (χ0v) is 13.7. The first-order valence-electron chi connectivity index (χ1n) is 7.58. The van der Waals surface area contributed by atoms with Gasteiger partial charge >= 0.3 is 0 Å². The molecule has 1 aromatic rings. The van der Waals surface area contributed by atoms with E-state index in [1.54, 1.807) is 0 Å². The Labute approximate surface area is 134 Å². The van der Waals surface area contributed by atoms with E-state index in [1.807, 2.05) is 0 Å². The van der Waals surface area contributed by atoms with Crippen LogP contribution in [0.25, 0.3) is 0 Å². The number of benzene rings is 1. The van der Waals surface area contributed by atoms with E-state index < -0.39 is 15.8 Å². The van der Waals surface area contributed by atoms with Crippen LogP contribution in [0.2, 0.25) is 0 Å². The van der Waals surface area contributed by atoms with Crippen molar-refractivity contribution < 1.29 is 17.6 Å². The van der Waals surface area contributed by atoms with Gasteiger partial charge in [0.15, 0.2) is 0 Å². The molecule has 1 unspecified atom stereocenters. The van der Waals surface area contributed by atoms with E-state index >= 15 is 0 Å². The Morgan fingerprint density at radius 1 is 1.35 bits per heavy atom. The third-order valence-corrected chi connectivity index (χ3v) is 5.23. The second kappa shape index (κ2) is 5.76. The fourth-order valence-electron chi connectivity index (χ4n) is 3.31. The molecular formula is C15H20FN3O3S. The predicted octanol–water partition coefficient (Wildman–Crippen LogP) is 1.53. The number of piperidine rings is 1. The highest BCUT2D eigenvalue weighted by Gasteiger charge is 2.57. The van der Waals surface area contributed by atoms with Crippen molar-refractivity contribution in [3.63, 3.8) is 0 Å². The lowest BCUT2D eigenvalue weighted by atomic mass is 9.92. The monoisotopic (exact) mass is 341 g/mol. The lowest BCUT2D eigenvalue weighted by Gasteiger charge is -2.23. The Hall–Kier alpha value is -1.67. The quantitative estimate of drug-likeness (QED) is 0.775. The van der Waals surface area contributed by atoms with Crippen molar-refractivity contribution in [2.24, 2.45) is 11.3 Å². The molecule has 0 aromatic heterocycles. The number of hydrogen-bond donors (Lipinski definition) is 3. The van der Waals surface area contributed by atoms with Crippen molar-refractivity contribution in [3.05, 3.63) is 24.0 Å². The van der Waals surface area contributed by atoms with Gasteiger partial charge in [0.2, 0.25) is 15.9 Å². The Balaban J connectivity index is 1.68. The van der Waals surface area contributed by atoms with Crippen molar-refractivity contribution in [3.8, 4) is 0 Å². The van der Waals surface area contributed by atoms with Crippen LogP contribution in [0, 0.1) is 17.2 Å². The van der Waals surface area contributed by atoms with E-state index in [-0.39, 0.29) is 22.9 Å². The van der Waals surface area contributed by atoms with Gasteiger partial charge in [-0.15, -0.1) is 0 Å². The van der Waals surface area contributed by atoms with Crippen molar-refractivity contribution in [1.82, 2.24) is 5.32 Å². The maximum absolute atomic E-state index is 13.6. The maximum atomic E-state index is 13.6. The largest absolute Gasteiger partial charge is 0.326 e. The topological polar surface area (TPSA) is 87.3 Å². The van der Waals surface area contributed by atoms with Crippen molar-refractivity contribution in [2.45, 2.75) is 19.3 Å². The van der Waals surface area contributed by atoms with E-state index in [0.717, 1.165) is 44.7 Å². The van der Waals surface area contributed by atoms with Gasteiger partial charge in [0.05, 0.1) is 11.9 Å². The van der Waals surface area contributed by atoms with Crippen LogP contribution in [-0.2, 0) is 14.8 Å². The summed E-state index contributed by atoms with van der Waals surface area (Å²) in [5.74, 6) is -0.778. The van der Waals surface area contributed by atoms with Crippen LogP contribution in [0.5, 0.6) is 0 Å². The lowest BCUT2D eigenvalue weighted by molar-refractivity contribution is -0.118. The summed E-state index contributed by atoms with van der Waals surface area (Å²) in [5, 5.41) is 6.05. The molecule has 2 aliphatic rings. The van der Waals surface area contributed by atoms with Crippen LogP contribution in [-0.4, -0.2) is 33.7 Å². The molecule has 1 saturated heterocycles. The molecule has 1 aliphatic carbocycles. The van der Waals surface area contributed by atoms with Gasteiger partial charge in [-0.3, -0.25) is 9.52 Å². The van der Waals surface area contributed by atoms with E-state index in [2.05, 4.69) is 15.4 Å². The maximum Gasteiger partial charge on any atom is 0.229 e. The second-order valence-corrected chi connectivity index (χ2v) is 8.18. The minimum atomic E-state index is -3.58. The molecule has 3 N–H and O–H groups in total. The van der Waals surface area contributed by atoms with Crippen molar-refractivity contribution in [2.75, 3.05) is 29.4 Å². The Kier molecular flexibility index (Phi) is 4.05. The fraction of sp³-hybridized carbons (Fsp3) is 0.533. The van der Waals surface area contributed by atoms with Gasteiger partial charge in [0, 0.05) is 11.6 Å². The third kappa shape index (κ3) is 3.64. The summed E-state index contributed by atoms with van der Waals surface area (Å²) in [6.07, 6.45) is 3.82. The highest BCUT2D eigenvalue weighted by atomic mass is 32.2. The summed E-state index contributed by atoms with van der Waals surface area (Å²) in [7, 11) is -3.58. The van der Waals surface area contributed by atoms with Crippen LogP contribution >= 0.6 is 0 Å². The van der Waals surface area contributed by atoms with E-state index in [4.69, 9.17) is 0 Å². The molecule has 6 nitrogen and oxygen atoms in total. The summed E-state index contributed by atoms with van der Waals surface area (Å²) in [5.41, 5.74) is 0.333. The van der Waals surface area contributed by atoms with Gasteiger partial charge in [-0.25, -0.2) is 12.8 Å². The molecule has 1 amide bonds. The second-order valence-electron chi connectivity index (χ2n) is 6.43. The van der Waals surface area contributed by atoms with Crippen LogP contribution in [0.15, 0.2) is 18.2 Å². The molecule has 3 rings (SSSR count). The summed E-state index contributed by atoms with van der Waals surface area (Å²) < 4.78 is 38.2. The Bertz CT molecular complexity index is 729. The SMILES string of the molecule is CS(=O)(=O)Nc1cc(NC(=O)C2CC23CCNCC3)ccc1F. The molecule has 1 atom stereocenters. The van der Waals surface area contributed by atoms with Gasteiger partial charge < -0.3 is 10.6 Å². The van der Waals surface area contributed by atoms with Crippen LogP contribution in [0.4, 0.5) is 15.8 Å². The van der Waals surface area contributed by atoms with Crippen LogP contribution < -0.4 is 15.4 Å². The molecule has 1 spiro atoms. The first-order valence-corrected chi connectivity index (χ1v) is 9.47. The molecular weight excluding hydrogens is 321 g/mol. The van der Waals surface area contributed by atoms with Crippen LogP contribution in [0.3, 0.4) is 0 Å². The minimum Gasteiger partial charge on any atom is -0.326 e. The Morgan fingerprint density at radius 3 is 2.70 bits per heavy atom. The molecule has 126 valence electrons. The first kappa shape index (κ1) is 16.2.